The number of aromatic nitrogens is 5. The summed E-state index contributed by atoms with van der Waals surface area (Å²) in [6.45, 7) is 9.96. The standard InChI is InChI=1S/C19H23ClN8O/c1-11-15(20)19-24-18(16(22-2)17(21)28(19)25-11)23-8-6-13-7-9-27(26-13)14-5-3-4-12(14)10-29/h7,9,12,14,29H,3-6,8,10,21H2,1H3,(H,23,24). The van der Waals surface area contributed by atoms with E-state index in [-0.39, 0.29) is 30.1 Å². The lowest BCUT2D eigenvalue weighted by Crippen LogP contribution is -2.18. The molecule has 0 bridgehead atoms. The van der Waals surface area contributed by atoms with Crippen molar-refractivity contribution in [2.24, 2.45) is 5.92 Å². The zero-order valence-electron chi connectivity index (χ0n) is 16.1. The second kappa shape index (κ2) is 7.89. The fourth-order valence-corrected chi connectivity index (χ4v) is 4.12. The van der Waals surface area contributed by atoms with E-state index in [4.69, 9.17) is 23.9 Å². The number of anilines is 2. The molecule has 0 radical (unpaired) electrons. The lowest BCUT2D eigenvalue weighted by Gasteiger charge is -2.17. The highest BCUT2D eigenvalue weighted by molar-refractivity contribution is 6.34. The van der Waals surface area contributed by atoms with Crippen LogP contribution in [0.1, 0.15) is 36.7 Å². The summed E-state index contributed by atoms with van der Waals surface area (Å²) in [6, 6.07) is 2.26. The van der Waals surface area contributed by atoms with Crippen molar-refractivity contribution in [2.75, 3.05) is 24.2 Å². The van der Waals surface area contributed by atoms with Crippen LogP contribution in [0, 0.1) is 19.4 Å². The fraction of sp³-hybridized carbons (Fsp3) is 0.474. The molecule has 4 N–H and O–H groups in total. The van der Waals surface area contributed by atoms with Gasteiger partial charge < -0.3 is 16.2 Å². The molecule has 152 valence electrons. The lowest BCUT2D eigenvalue weighted by atomic mass is 10.1. The Labute approximate surface area is 173 Å². The first-order chi connectivity index (χ1) is 14.0. The Bertz CT molecular complexity index is 1080. The second-order valence-electron chi connectivity index (χ2n) is 7.35. The van der Waals surface area contributed by atoms with Gasteiger partial charge in [-0.05, 0) is 25.8 Å². The van der Waals surface area contributed by atoms with Crippen LogP contribution >= 0.6 is 11.6 Å². The summed E-state index contributed by atoms with van der Waals surface area (Å²) in [4.78, 5) is 7.97. The number of rotatable bonds is 6. The smallest absolute Gasteiger partial charge is 0.268 e. The minimum absolute atomic E-state index is 0.201. The lowest BCUT2D eigenvalue weighted by molar-refractivity contribution is 0.190. The first kappa shape index (κ1) is 19.5. The highest BCUT2D eigenvalue weighted by Gasteiger charge is 2.28. The first-order valence-electron chi connectivity index (χ1n) is 9.64. The summed E-state index contributed by atoms with van der Waals surface area (Å²) in [6.07, 6.45) is 5.87. The van der Waals surface area contributed by atoms with Crippen LogP contribution in [-0.2, 0) is 6.42 Å². The molecule has 4 rings (SSSR count). The van der Waals surface area contributed by atoms with Gasteiger partial charge in [0.1, 0.15) is 16.7 Å². The van der Waals surface area contributed by atoms with Gasteiger partial charge in [0.25, 0.3) is 5.69 Å². The Morgan fingerprint density at radius 1 is 1.41 bits per heavy atom. The number of hydrogen-bond donors (Lipinski definition) is 3. The van der Waals surface area contributed by atoms with Gasteiger partial charge in [-0.1, -0.05) is 18.0 Å². The number of aliphatic hydroxyl groups excluding tert-OH is 1. The third-order valence-corrected chi connectivity index (χ3v) is 5.96. The van der Waals surface area contributed by atoms with Gasteiger partial charge in [0.05, 0.1) is 24.0 Å². The van der Waals surface area contributed by atoms with Gasteiger partial charge in [-0.3, -0.25) is 4.68 Å². The molecule has 2 unspecified atom stereocenters. The van der Waals surface area contributed by atoms with Gasteiger partial charge in [0.2, 0.25) is 0 Å². The zero-order valence-corrected chi connectivity index (χ0v) is 16.9. The Hall–Kier alpha value is -2.83. The third kappa shape index (κ3) is 3.50. The molecule has 3 heterocycles. The molecular weight excluding hydrogens is 392 g/mol. The summed E-state index contributed by atoms with van der Waals surface area (Å²) >= 11 is 6.26. The normalized spacial score (nSPS) is 19.0. The van der Waals surface area contributed by atoms with Gasteiger partial charge in [-0.25, -0.2) is 14.3 Å². The van der Waals surface area contributed by atoms with Crippen LogP contribution < -0.4 is 11.1 Å². The molecule has 0 spiro atoms. The van der Waals surface area contributed by atoms with Crippen molar-refractivity contribution >= 4 is 34.6 Å². The predicted octanol–water partition coefficient (Wildman–Crippen LogP) is 3.01. The topological polar surface area (TPSA) is 111 Å². The van der Waals surface area contributed by atoms with Crippen LogP contribution in [-0.4, -0.2) is 42.6 Å². The monoisotopic (exact) mass is 414 g/mol. The van der Waals surface area contributed by atoms with Gasteiger partial charge in [-0.15, -0.1) is 0 Å². The van der Waals surface area contributed by atoms with Crippen molar-refractivity contribution in [1.82, 2.24) is 24.4 Å². The van der Waals surface area contributed by atoms with Crippen molar-refractivity contribution < 1.29 is 5.11 Å². The van der Waals surface area contributed by atoms with Crippen LogP contribution in [0.3, 0.4) is 0 Å². The van der Waals surface area contributed by atoms with Gasteiger partial charge in [0, 0.05) is 31.7 Å². The van der Waals surface area contributed by atoms with Crippen molar-refractivity contribution in [2.45, 2.75) is 38.6 Å². The number of nitrogen functional groups attached to an aromatic ring is 1. The largest absolute Gasteiger partial charge is 0.396 e. The number of hydrogen-bond acceptors (Lipinski definition) is 6. The Morgan fingerprint density at radius 3 is 3.00 bits per heavy atom. The van der Waals surface area contributed by atoms with E-state index in [1.54, 1.807) is 6.92 Å². The minimum atomic E-state index is 0.201. The Kier molecular flexibility index (Phi) is 5.30. The number of halogens is 1. The van der Waals surface area contributed by atoms with Gasteiger partial charge >= 0.3 is 0 Å². The van der Waals surface area contributed by atoms with Crippen LogP contribution in [0.25, 0.3) is 10.5 Å². The van der Waals surface area contributed by atoms with E-state index >= 15 is 0 Å². The maximum absolute atomic E-state index is 9.53. The summed E-state index contributed by atoms with van der Waals surface area (Å²) in [5.41, 5.74) is 8.31. The average molecular weight is 415 g/mol. The molecule has 2 atom stereocenters. The molecule has 3 aromatic rings. The molecule has 1 fully saturated rings. The van der Waals surface area contributed by atoms with Crippen LogP contribution in [0.15, 0.2) is 12.3 Å². The van der Waals surface area contributed by atoms with Crippen molar-refractivity contribution in [3.63, 3.8) is 0 Å². The molecular formula is C19H23ClN8O. The molecule has 1 aliphatic rings. The summed E-state index contributed by atoms with van der Waals surface area (Å²) in [7, 11) is 0. The quantitative estimate of drug-likeness (QED) is 0.535. The predicted molar refractivity (Wildman–Crippen MR) is 111 cm³/mol. The van der Waals surface area contributed by atoms with E-state index in [0.29, 0.717) is 35.1 Å². The molecule has 10 heteroatoms. The van der Waals surface area contributed by atoms with Crippen LogP contribution in [0.2, 0.25) is 5.02 Å². The van der Waals surface area contributed by atoms with E-state index in [1.165, 1.54) is 4.52 Å². The van der Waals surface area contributed by atoms with Crippen LogP contribution in [0.4, 0.5) is 17.3 Å². The molecule has 1 saturated carbocycles. The second-order valence-corrected chi connectivity index (χ2v) is 7.72. The molecule has 1 aliphatic carbocycles. The van der Waals surface area contributed by atoms with Gasteiger partial charge in [-0.2, -0.15) is 10.2 Å². The Balaban J connectivity index is 1.48. The molecule has 0 aliphatic heterocycles. The van der Waals surface area contributed by atoms with Crippen LogP contribution in [0.5, 0.6) is 0 Å². The number of nitrogens with one attached hydrogen (secondary N) is 1. The molecule has 3 aromatic heterocycles. The fourth-order valence-electron chi connectivity index (χ4n) is 3.96. The molecule has 0 saturated heterocycles. The molecule has 29 heavy (non-hydrogen) atoms. The average Bonchev–Trinajstić information content (AvgIpc) is 3.43. The number of fused-ring (bicyclic) bond motifs is 1. The van der Waals surface area contributed by atoms with E-state index < -0.39 is 0 Å². The first-order valence-corrected chi connectivity index (χ1v) is 10.0. The van der Waals surface area contributed by atoms with E-state index in [2.05, 4.69) is 25.3 Å². The maximum Gasteiger partial charge on any atom is 0.268 e. The minimum Gasteiger partial charge on any atom is -0.396 e. The number of nitrogens with two attached hydrogens (primary N) is 1. The van der Waals surface area contributed by atoms with Crippen molar-refractivity contribution in [3.8, 4) is 0 Å². The molecule has 0 amide bonds. The summed E-state index contributed by atoms with van der Waals surface area (Å²) in [5, 5.41) is 22.1. The van der Waals surface area contributed by atoms with E-state index in [1.807, 2.05) is 16.9 Å². The zero-order chi connectivity index (χ0) is 20.5. The Morgan fingerprint density at radius 2 is 2.24 bits per heavy atom. The highest BCUT2D eigenvalue weighted by atomic mass is 35.5. The van der Waals surface area contributed by atoms with Crippen molar-refractivity contribution in [3.05, 3.63) is 40.1 Å². The SMILES string of the molecule is [C-]#[N+]c1c(NCCc2ccn(C3CCCC3CO)n2)nc2c(Cl)c(C)nn2c1N. The number of aryl methyl sites for hydroxylation is 1. The molecule has 0 aromatic carbocycles. The highest BCUT2D eigenvalue weighted by Crippen LogP contribution is 2.35. The van der Waals surface area contributed by atoms with Crippen molar-refractivity contribution in [1.29, 1.82) is 0 Å². The van der Waals surface area contributed by atoms with E-state index in [9.17, 15) is 5.11 Å². The summed E-state index contributed by atoms with van der Waals surface area (Å²) in [5.74, 6) is 0.885. The number of nitrogens with zero attached hydrogens (tertiary/aromatic N) is 6. The third-order valence-electron chi connectivity index (χ3n) is 5.52. The maximum atomic E-state index is 9.53. The molecule has 9 nitrogen and oxygen atoms in total. The summed E-state index contributed by atoms with van der Waals surface area (Å²) < 4.78 is 3.38. The van der Waals surface area contributed by atoms with E-state index in [0.717, 1.165) is 25.0 Å². The number of aliphatic hydroxyl groups is 1. The van der Waals surface area contributed by atoms with Gasteiger partial charge in [0.15, 0.2) is 5.65 Å².